The van der Waals surface area contributed by atoms with Gasteiger partial charge in [0.25, 0.3) is 0 Å². The highest BCUT2D eigenvalue weighted by Gasteiger charge is 2.33. The number of aliphatic carboxylic acids is 1. The number of benzene rings is 1. The molecule has 0 atom stereocenters. The second-order valence-corrected chi connectivity index (χ2v) is 10.4. The van der Waals surface area contributed by atoms with Crippen LogP contribution >= 0.6 is 0 Å². The Labute approximate surface area is 218 Å². The van der Waals surface area contributed by atoms with Gasteiger partial charge in [0.15, 0.2) is 5.82 Å². The second kappa shape index (κ2) is 10.7. The van der Waals surface area contributed by atoms with Crippen molar-refractivity contribution in [2.24, 2.45) is 11.8 Å². The number of nitrogens with zero attached hydrogens (tertiary/aromatic N) is 3. The lowest BCUT2D eigenvalue weighted by atomic mass is 9.83. The molecule has 0 spiro atoms. The number of halogens is 3. The Morgan fingerprint density at radius 2 is 1.66 bits per heavy atom. The topological polar surface area (TPSA) is 86.9 Å². The van der Waals surface area contributed by atoms with Crippen molar-refractivity contribution in [2.45, 2.75) is 57.2 Å². The summed E-state index contributed by atoms with van der Waals surface area (Å²) in [6.07, 6.45) is 1.27. The van der Waals surface area contributed by atoms with Gasteiger partial charge in [-0.05, 0) is 56.6 Å². The maximum absolute atomic E-state index is 13.5. The maximum atomic E-state index is 13.5. The number of imidazole rings is 1. The summed E-state index contributed by atoms with van der Waals surface area (Å²) in [6, 6.07) is 11.8. The summed E-state index contributed by atoms with van der Waals surface area (Å²) in [5.41, 5.74) is 1.07. The van der Waals surface area contributed by atoms with Crippen LogP contribution in [0.15, 0.2) is 48.7 Å². The standard InChI is InChI=1S/C28H31F3N4O3/c29-28(30,31)21-8-11-23-33-26(25(35(23)17-21)19-4-2-1-3-5-19)34-14-12-20(13-15-34)27(38)32-22-9-6-18(7-10-22)16-24(36)37/h1-5,8,11,17-18,20,22H,6-7,9-10,12-16H2,(H,32,38)(H,36,37). The molecular weight excluding hydrogens is 497 g/mol. The van der Waals surface area contributed by atoms with Crippen molar-refractivity contribution < 1.29 is 27.9 Å². The lowest BCUT2D eigenvalue weighted by Crippen LogP contribution is -2.45. The lowest BCUT2D eigenvalue weighted by molar-refractivity contribution is -0.139. The van der Waals surface area contributed by atoms with Gasteiger partial charge in [-0.2, -0.15) is 13.2 Å². The third kappa shape index (κ3) is 5.63. The number of anilines is 1. The van der Waals surface area contributed by atoms with Crippen LogP contribution in [-0.4, -0.2) is 45.5 Å². The Balaban J connectivity index is 1.29. The first-order chi connectivity index (χ1) is 18.2. The van der Waals surface area contributed by atoms with Crippen LogP contribution in [-0.2, 0) is 15.8 Å². The van der Waals surface area contributed by atoms with E-state index >= 15 is 0 Å². The van der Waals surface area contributed by atoms with E-state index in [0.717, 1.165) is 43.5 Å². The van der Waals surface area contributed by atoms with Crippen molar-refractivity contribution in [3.05, 3.63) is 54.2 Å². The average molecular weight is 529 g/mol. The first kappa shape index (κ1) is 26.1. The van der Waals surface area contributed by atoms with E-state index in [4.69, 9.17) is 10.1 Å². The highest BCUT2D eigenvalue weighted by atomic mass is 19.4. The number of carboxylic acid groups (broad SMARTS) is 1. The monoisotopic (exact) mass is 528 g/mol. The van der Waals surface area contributed by atoms with Gasteiger partial charge in [0.1, 0.15) is 5.65 Å². The Morgan fingerprint density at radius 3 is 2.29 bits per heavy atom. The number of alkyl halides is 3. The van der Waals surface area contributed by atoms with Crippen molar-refractivity contribution in [2.75, 3.05) is 18.0 Å². The molecule has 2 fully saturated rings. The molecule has 38 heavy (non-hydrogen) atoms. The number of hydrogen-bond donors (Lipinski definition) is 2. The second-order valence-electron chi connectivity index (χ2n) is 10.4. The van der Waals surface area contributed by atoms with Crippen molar-refractivity contribution in [3.8, 4) is 11.3 Å². The molecule has 1 saturated carbocycles. The number of amides is 1. The number of carbonyl (C=O) groups excluding carboxylic acids is 1. The summed E-state index contributed by atoms with van der Waals surface area (Å²) in [4.78, 5) is 30.7. The van der Waals surface area contributed by atoms with Crippen molar-refractivity contribution >= 4 is 23.3 Å². The molecule has 0 radical (unpaired) electrons. The molecule has 0 bridgehead atoms. The molecule has 1 aromatic carbocycles. The fourth-order valence-corrected chi connectivity index (χ4v) is 5.72. The van der Waals surface area contributed by atoms with Gasteiger partial charge in [-0.3, -0.25) is 14.0 Å². The highest BCUT2D eigenvalue weighted by Crippen LogP contribution is 2.36. The molecule has 10 heteroatoms. The molecule has 1 aliphatic heterocycles. The minimum atomic E-state index is -4.46. The fourth-order valence-electron chi connectivity index (χ4n) is 5.72. The van der Waals surface area contributed by atoms with E-state index in [1.54, 1.807) is 0 Å². The summed E-state index contributed by atoms with van der Waals surface area (Å²) in [5.74, 6) is -0.0889. The van der Waals surface area contributed by atoms with Gasteiger partial charge in [0.05, 0.1) is 11.3 Å². The molecular formula is C28H31F3N4O3. The van der Waals surface area contributed by atoms with E-state index < -0.39 is 17.7 Å². The van der Waals surface area contributed by atoms with Crippen LogP contribution in [0.3, 0.4) is 0 Å². The molecule has 1 aliphatic carbocycles. The predicted molar refractivity (Wildman–Crippen MR) is 137 cm³/mol. The number of rotatable bonds is 6. The molecule has 2 N–H and O–H groups in total. The smallest absolute Gasteiger partial charge is 0.417 e. The zero-order valence-corrected chi connectivity index (χ0v) is 21.0. The Kier molecular flexibility index (Phi) is 7.32. The van der Waals surface area contributed by atoms with Crippen LogP contribution in [0, 0.1) is 11.8 Å². The molecule has 3 aromatic rings. The summed E-state index contributed by atoms with van der Waals surface area (Å²) in [5, 5.41) is 12.2. The molecule has 3 heterocycles. The Hall–Kier alpha value is -3.56. The van der Waals surface area contributed by atoms with E-state index in [9.17, 15) is 22.8 Å². The molecule has 7 nitrogen and oxygen atoms in total. The number of aromatic nitrogens is 2. The van der Waals surface area contributed by atoms with Gasteiger partial charge >= 0.3 is 12.1 Å². The van der Waals surface area contributed by atoms with Gasteiger partial charge < -0.3 is 15.3 Å². The molecule has 1 saturated heterocycles. The van der Waals surface area contributed by atoms with E-state index in [2.05, 4.69) is 10.2 Å². The van der Waals surface area contributed by atoms with Crippen LogP contribution in [0.4, 0.5) is 19.0 Å². The quantitative estimate of drug-likeness (QED) is 0.448. The molecule has 5 rings (SSSR count). The van der Waals surface area contributed by atoms with Crippen LogP contribution in [0.2, 0.25) is 0 Å². The number of fused-ring (bicyclic) bond motifs is 1. The number of carboxylic acids is 1. The average Bonchev–Trinajstić information content (AvgIpc) is 3.28. The van der Waals surface area contributed by atoms with E-state index in [0.29, 0.717) is 43.1 Å². The van der Waals surface area contributed by atoms with Crippen molar-refractivity contribution in [1.29, 1.82) is 0 Å². The third-order valence-corrected chi connectivity index (χ3v) is 7.80. The number of carbonyl (C=O) groups is 2. The summed E-state index contributed by atoms with van der Waals surface area (Å²) in [7, 11) is 0. The normalized spacial score (nSPS) is 21.0. The third-order valence-electron chi connectivity index (χ3n) is 7.80. The summed E-state index contributed by atoms with van der Waals surface area (Å²) >= 11 is 0. The van der Waals surface area contributed by atoms with Gasteiger partial charge in [0, 0.05) is 43.2 Å². The van der Waals surface area contributed by atoms with Gasteiger partial charge in [-0.25, -0.2) is 4.98 Å². The zero-order valence-electron chi connectivity index (χ0n) is 21.0. The molecule has 2 aliphatic rings. The maximum Gasteiger partial charge on any atom is 0.417 e. The first-order valence-electron chi connectivity index (χ1n) is 13.1. The molecule has 1 amide bonds. The SMILES string of the molecule is O=C(O)CC1CCC(NC(=O)C2CCN(c3nc4ccc(C(F)(F)F)cn4c3-c3ccccc3)CC2)CC1. The first-order valence-corrected chi connectivity index (χ1v) is 13.1. The minimum Gasteiger partial charge on any atom is -0.481 e. The number of nitrogens with one attached hydrogen (secondary N) is 1. The highest BCUT2D eigenvalue weighted by molar-refractivity contribution is 5.80. The lowest BCUT2D eigenvalue weighted by Gasteiger charge is -2.34. The van der Waals surface area contributed by atoms with E-state index in [1.165, 1.54) is 10.5 Å². The fraction of sp³-hybridized carbons (Fsp3) is 0.464. The number of pyridine rings is 1. The predicted octanol–water partition coefficient (Wildman–Crippen LogP) is 5.39. The van der Waals surface area contributed by atoms with Gasteiger partial charge in [-0.1, -0.05) is 30.3 Å². The van der Waals surface area contributed by atoms with E-state index in [-0.39, 0.29) is 30.2 Å². The van der Waals surface area contributed by atoms with Crippen LogP contribution in [0.1, 0.15) is 50.5 Å². The van der Waals surface area contributed by atoms with Crippen molar-refractivity contribution in [1.82, 2.24) is 14.7 Å². The number of piperidine rings is 1. The van der Waals surface area contributed by atoms with Gasteiger partial charge in [0.2, 0.25) is 5.91 Å². The van der Waals surface area contributed by atoms with Gasteiger partial charge in [-0.15, -0.1) is 0 Å². The van der Waals surface area contributed by atoms with Crippen molar-refractivity contribution in [3.63, 3.8) is 0 Å². The largest absolute Gasteiger partial charge is 0.481 e. The molecule has 202 valence electrons. The summed E-state index contributed by atoms with van der Waals surface area (Å²) < 4.78 is 41.9. The van der Waals surface area contributed by atoms with E-state index in [1.807, 2.05) is 30.3 Å². The molecule has 0 unspecified atom stereocenters. The molecule has 2 aromatic heterocycles. The Morgan fingerprint density at radius 1 is 0.974 bits per heavy atom. The minimum absolute atomic E-state index is 0.0273. The Bertz CT molecular complexity index is 1290. The van der Waals surface area contributed by atoms with Crippen LogP contribution < -0.4 is 10.2 Å². The summed E-state index contributed by atoms with van der Waals surface area (Å²) in [6.45, 7) is 1.14. The van der Waals surface area contributed by atoms with Crippen LogP contribution in [0.25, 0.3) is 16.9 Å². The van der Waals surface area contributed by atoms with Crippen LogP contribution in [0.5, 0.6) is 0 Å². The zero-order chi connectivity index (χ0) is 26.9. The number of hydrogen-bond acceptors (Lipinski definition) is 4.